The zero-order chi connectivity index (χ0) is 19.0. The third-order valence-electron chi connectivity index (χ3n) is 4.03. The van der Waals surface area contributed by atoms with Crippen molar-refractivity contribution in [2.24, 2.45) is 0 Å². The maximum absolute atomic E-state index is 12.9. The van der Waals surface area contributed by atoms with Gasteiger partial charge in [-0.1, -0.05) is 31.5 Å². The molecule has 2 aromatic rings. The molecule has 0 unspecified atom stereocenters. The fourth-order valence-electron chi connectivity index (χ4n) is 2.72. The molecule has 0 atom stereocenters. The quantitative estimate of drug-likeness (QED) is 0.759. The third-order valence-corrected chi connectivity index (χ3v) is 8.02. The van der Waals surface area contributed by atoms with Crippen LogP contribution >= 0.6 is 0 Å². The fraction of sp³-hybridized carbons (Fsp3) is 0.438. The first-order chi connectivity index (χ1) is 11.6. The van der Waals surface area contributed by atoms with E-state index < -0.39 is 20.0 Å². The molecule has 0 aliphatic heterocycles. The molecule has 0 saturated carbocycles. The van der Waals surface area contributed by atoms with Crippen LogP contribution in [0.2, 0.25) is 0 Å². The van der Waals surface area contributed by atoms with Crippen LogP contribution < -0.4 is 0 Å². The van der Waals surface area contributed by atoms with Gasteiger partial charge in [0.2, 0.25) is 10.0 Å². The Bertz CT molecular complexity index is 971. The zero-order valence-corrected chi connectivity index (χ0v) is 16.6. The maximum atomic E-state index is 12.9. The van der Waals surface area contributed by atoms with Crippen molar-refractivity contribution in [3.05, 3.63) is 41.2 Å². The van der Waals surface area contributed by atoms with E-state index in [0.717, 1.165) is 9.65 Å². The highest BCUT2D eigenvalue weighted by Gasteiger charge is 2.32. The minimum Gasteiger partial charge on any atom is -0.207 e. The Labute approximate surface area is 149 Å². The topological polar surface area (TPSA) is 89.3 Å². The highest BCUT2D eigenvalue weighted by atomic mass is 32.2. The second kappa shape index (κ2) is 6.89. The lowest BCUT2D eigenvalue weighted by Crippen LogP contribution is -2.31. The van der Waals surface area contributed by atoms with Crippen LogP contribution in [0.3, 0.4) is 0 Å². The van der Waals surface area contributed by atoms with Gasteiger partial charge in [-0.3, -0.25) is 0 Å². The molecule has 7 nitrogen and oxygen atoms in total. The molecule has 1 aromatic heterocycles. The molecule has 0 fully saturated rings. The minimum absolute atomic E-state index is 0.0492. The molecular weight excluding hydrogens is 362 g/mol. The first-order valence-electron chi connectivity index (χ1n) is 7.96. The largest absolute Gasteiger partial charge is 0.283 e. The molecule has 0 saturated heterocycles. The second-order valence-electron chi connectivity index (χ2n) is 5.75. The molecule has 0 N–H and O–H groups in total. The van der Waals surface area contributed by atoms with E-state index in [9.17, 15) is 16.8 Å². The lowest BCUT2D eigenvalue weighted by Gasteiger charge is -2.18. The lowest BCUT2D eigenvalue weighted by atomic mass is 10.2. The van der Waals surface area contributed by atoms with Gasteiger partial charge in [-0.15, -0.1) is 0 Å². The first-order valence-corrected chi connectivity index (χ1v) is 10.8. The second-order valence-corrected chi connectivity index (χ2v) is 9.39. The van der Waals surface area contributed by atoms with Crippen LogP contribution in [0, 0.1) is 20.8 Å². The SMILES string of the molecule is CCN(CC)S(=O)(=O)c1c(C)nn(S(=O)(=O)c2ccc(C)cc2)c1C. The van der Waals surface area contributed by atoms with E-state index in [1.54, 1.807) is 26.0 Å². The molecule has 2 rings (SSSR count). The summed E-state index contributed by atoms with van der Waals surface area (Å²) in [7, 11) is -7.77. The van der Waals surface area contributed by atoms with Gasteiger partial charge in [0.15, 0.2) is 0 Å². The van der Waals surface area contributed by atoms with Crippen molar-refractivity contribution in [2.45, 2.75) is 44.4 Å². The van der Waals surface area contributed by atoms with E-state index in [0.29, 0.717) is 13.1 Å². The number of nitrogens with zero attached hydrogens (tertiary/aromatic N) is 3. The van der Waals surface area contributed by atoms with E-state index in [2.05, 4.69) is 5.10 Å². The monoisotopic (exact) mass is 385 g/mol. The van der Waals surface area contributed by atoms with Gasteiger partial charge >= 0.3 is 0 Å². The summed E-state index contributed by atoms with van der Waals surface area (Å²) in [4.78, 5) is 0.0161. The van der Waals surface area contributed by atoms with Crippen LogP contribution in [0.4, 0.5) is 0 Å². The molecule has 9 heteroatoms. The van der Waals surface area contributed by atoms with Gasteiger partial charge in [0.1, 0.15) is 4.90 Å². The van der Waals surface area contributed by atoms with Gasteiger partial charge in [-0.25, -0.2) is 8.42 Å². The molecule has 0 radical (unpaired) electrons. The Balaban J connectivity index is 2.66. The summed E-state index contributed by atoms with van der Waals surface area (Å²) in [6, 6.07) is 6.34. The Morgan fingerprint density at radius 1 is 0.960 bits per heavy atom. The van der Waals surface area contributed by atoms with Crippen LogP contribution in [-0.4, -0.2) is 43.4 Å². The van der Waals surface area contributed by atoms with E-state index in [1.807, 2.05) is 6.92 Å². The Morgan fingerprint density at radius 3 is 1.96 bits per heavy atom. The molecule has 1 aromatic carbocycles. The minimum atomic E-state index is -3.96. The van der Waals surface area contributed by atoms with Crippen molar-refractivity contribution in [3.8, 4) is 0 Å². The Hall–Kier alpha value is -1.71. The van der Waals surface area contributed by atoms with E-state index in [1.165, 1.54) is 30.3 Å². The Kier molecular flexibility index (Phi) is 5.41. The molecule has 0 aliphatic rings. The smallest absolute Gasteiger partial charge is 0.207 e. The number of benzene rings is 1. The summed E-state index contributed by atoms with van der Waals surface area (Å²) in [5.41, 5.74) is 1.18. The van der Waals surface area contributed by atoms with Crippen LogP contribution in [0.25, 0.3) is 0 Å². The zero-order valence-electron chi connectivity index (χ0n) is 15.0. The fourth-order valence-corrected chi connectivity index (χ4v) is 5.95. The van der Waals surface area contributed by atoms with E-state index >= 15 is 0 Å². The molecule has 0 spiro atoms. The maximum Gasteiger partial charge on any atom is 0.283 e. The van der Waals surface area contributed by atoms with Crippen molar-refractivity contribution in [1.29, 1.82) is 0 Å². The van der Waals surface area contributed by atoms with Gasteiger partial charge in [0.05, 0.1) is 16.3 Å². The van der Waals surface area contributed by atoms with Crippen molar-refractivity contribution < 1.29 is 16.8 Å². The van der Waals surface area contributed by atoms with E-state index in [-0.39, 0.29) is 21.2 Å². The van der Waals surface area contributed by atoms with Gasteiger partial charge in [0.25, 0.3) is 10.0 Å². The first kappa shape index (κ1) is 19.6. The van der Waals surface area contributed by atoms with Gasteiger partial charge in [-0.05, 0) is 32.9 Å². The average Bonchev–Trinajstić information content (AvgIpc) is 2.84. The summed E-state index contributed by atoms with van der Waals surface area (Å²) in [5, 5.41) is 4.02. The normalized spacial score (nSPS) is 12.7. The van der Waals surface area contributed by atoms with Gasteiger partial charge in [-0.2, -0.15) is 21.9 Å². The number of hydrogen-bond acceptors (Lipinski definition) is 5. The number of hydrogen-bond donors (Lipinski definition) is 0. The predicted molar refractivity (Wildman–Crippen MR) is 95.6 cm³/mol. The van der Waals surface area contributed by atoms with Crippen LogP contribution in [0.15, 0.2) is 34.1 Å². The van der Waals surface area contributed by atoms with Gasteiger partial charge < -0.3 is 0 Å². The van der Waals surface area contributed by atoms with Crippen LogP contribution in [-0.2, 0) is 20.0 Å². The number of rotatable bonds is 6. The highest BCUT2D eigenvalue weighted by molar-refractivity contribution is 7.90. The van der Waals surface area contributed by atoms with Crippen molar-refractivity contribution in [3.63, 3.8) is 0 Å². The number of sulfonamides is 1. The predicted octanol–water partition coefficient (Wildman–Crippen LogP) is 2.08. The van der Waals surface area contributed by atoms with E-state index in [4.69, 9.17) is 0 Å². The third kappa shape index (κ3) is 3.36. The molecule has 0 bridgehead atoms. The average molecular weight is 386 g/mol. The lowest BCUT2D eigenvalue weighted by molar-refractivity contribution is 0.444. The summed E-state index contributed by atoms with van der Waals surface area (Å²) < 4.78 is 53.5. The Morgan fingerprint density at radius 2 is 1.48 bits per heavy atom. The summed E-state index contributed by atoms with van der Waals surface area (Å²) >= 11 is 0. The standard InChI is InChI=1S/C16H23N3O4S2/c1-6-18(7-2)25(22,23)16-13(4)17-19(14(16)5)24(20,21)15-10-8-12(3)9-11-15/h8-11H,6-7H2,1-5H3. The summed E-state index contributed by atoms with van der Waals surface area (Å²) in [5.74, 6) is 0. The highest BCUT2D eigenvalue weighted by Crippen LogP contribution is 2.26. The molecule has 25 heavy (non-hydrogen) atoms. The molecular formula is C16H23N3O4S2. The number of aromatic nitrogens is 2. The molecule has 0 aliphatic carbocycles. The summed E-state index contributed by atoms with van der Waals surface area (Å²) in [6.45, 7) is 8.89. The van der Waals surface area contributed by atoms with Crippen LogP contribution in [0.5, 0.6) is 0 Å². The summed E-state index contributed by atoms with van der Waals surface area (Å²) in [6.07, 6.45) is 0. The van der Waals surface area contributed by atoms with Crippen LogP contribution in [0.1, 0.15) is 30.8 Å². The van der Waals surface area contributed by atoms with Crippen molar-refractivity contribution in [1.82, 2.24) is 13.5 Å². The number of aryl methyl sites for hydroxylation is 2. The van der Waals surface area contributed by atoms with Gasteiger partial charge in [0, 0.05) is 13.1 Å². The van der Waals surface area contributed by atoms with Crippen molar-refractivity contribution in [2.75, 3.05) is 13.1 Å². The molecule has 0 amide bonds. The van der Waals surface area contributed by atoms with Crippen molar-refractivity contribution >= 4 is 20.0 Å². The molecule has 1 heterocycles. The molecule has 138 valence electrons.